The zero-order valence-corrected chi connectivity index (χ0v) is 12.8. The summed E-state index contributed by atoms with van der Waals surface area (Å²) in [5.41, 5.74) is 1.82. The van der Waals surface area contributed by atoms with E-state index in [1.807, 2.05) is 31.2 Å². The van der Waals surface area contributed by atoms with E-state index in [9.17, 15) is 4.79 Å². The molecule has 0 bridgehead atoms. The zero-order chi connectivity index (χ0) is 16.1. The molecule has 0 radical (unpaired) electrons. The second-order valence-electron chi connectivity index (χ2n) is 5.11. The minimum atomic E-state index is -0.295. The Labute approximate surface area is 134 Å². The van der Waals surface area contributed by atoms with Crippen LogP contribution in [-0.4, -0.2) is 26.0 Å². The van der Waals surface area contributed by atoms with Crippen LogP contribution in [0, 0.1) is 6.92 Å². The van der Waals surface area contributed by atoms with Crippen LogP contribution in [0.2, 0.25) is 0 Å². The maximum absolute atomic E-state index is 11.8. The molecule has 3 rings (SSSR count). The van der Waals surface area contributed by atoms with Gasteiger partial charge in [-0.05, 0) is 31.2 Å². The quantitative estimate of drug-likeness (QED) is 0.833. The van der Waals surface area contributed by atoms with Gasteiger partial charge in [0, 0.05) is 11.8 Å². The van der Waals surface area contributed by atoms with Crippen molar-refractivity contribution >= 4 is 11.7 Å². The Morgan fingerprint density at radius 2 is 1.91 bits per heavy atom. The Hall–Kier alpha value is -2.89. The van der Waals surface area contributed by atoms with Crippen LogP contribution in [0.5, 0.6) is 17.2 Å². The number of benzene rings is 2. The second kappa shape index (κ2) is 6.91. The molecule has 2 aromatic rings. The standard InChI is InChI=1S/C17H18N2O4/c1-12-2-5-14(6-3-12)21-9-8-18-17(20)19-13-4-7-15-16(10-13)23-11-22-15/h2-7,10H,8-9,11H2,1H3,(H2,18,19,20). The lowest BCUT2D eigenvalue weighted by Gasteiger charge is -2.09. The van der Waals surface area contributed by atoms with Gasteiger partial charge in [0.15, 0.2) is 11.5 Å². The van der Waals surface area contributed by atoms with E-state index in [2.05, 4.69) is 10.6 Å². The number of carbonyl (C=O) groups is 1. The normalized spacial score (nSPS) is 11.9. The minimum absolute atomic E-state index is 0.210. The van der Waals surface area contributed by atoms with Crippen molar-refractivity contribution in [1.29, 1.82) is 0 Å². The van der Waals surface area contributed by atoms with Crippen LogP contribution >= 0.6 is 0 Å². The Balaban J connectivity index is 1.40. The van der Waals surface area contributed by atoms with Crippen LogP contribution in [0.1, 0.15) is 5.56 Å². The van der Waals surface area contributed by atoms with Crippen molar-refractivity contribution in [2.75, 3.05) is 25.3 Å². The average Bonchev–Trinajstić information content (AvgIpc) is 3.01. The molecule has 0 fully saturated rings. The van der Waals surface area contributed by atoms with E-state index in [1.165, 1.54) is 5.56 Å². The van der Waals surface area contributed by atoms with Gasteiger partial charge < -0.3 is 24.8 Å². The van der Waals surface area contributed by atoms with Gasteiger partial charge in [0.2, 0.25) is 6.79 Å². The number of rotatable bonds is 5. The van der Waals surface area contributed by atoms with Crippen LogP contribution in [0.15, 0.2) is 42.5 Å². The number of aryl methyl sites for hydroxylation is 1. The third-order valence-electron chi connectivity index (χ3n) is 3.31. The summed E-state index contributed by atoms with van der Waals surface area (Å²) in [7, 11) is 0. The largest absolute Gasteiger partial charge is 0.492 e. The molecule has 0 aliphatic carbocycles. The molecule has 1 aliphatic heterocycles. The lowest BCUT2D eigenvalue weighted by atomic mass is 10.2. The highest BCUT2D eigenvalue weighted by atomic mass is 16.7. The van der Waals surface area contributed by atoms with Gasteiger partial charge in [-0.2, -0.15) is 0 Å². The van der Waals surface area contributed by atoms with Gasteiger partial charge in [-0.15, -0.1) is 0 Å². The summed E-state index contributed by atoms with van der Waals surface area (Å²) in [6, 6.07) is 12.7. The number of nitrogens with one attached hydrogen (secondary N) is 2. The predicted octanol–water partition coefficient (Wildman–Crippen LogP) is 2.92. The molecule has 2 aromatic carbocycles. The van der Waals surface area contributed by atoms with Gasteiger partial charge in [-0.25, -0.2) is 4.79 Å². The highest BCUT2D eigenvalue weighted by molar-refractivity contribution is 5.89. The molecule has 23 heavy (non-hydrogen) atoms. The van der Waals surface area contributed by atoms with Crippen LogP contribution in [0.3, 0.4) is 0 Å². The molecule has 0 spiro atoms. The first-order valence-electron chi connectivity index (χ1n) is 7.35. The van der Waals surface area contributed by atoms with Gasteiger partial charge in [0.25, 0.3) is 0 Å². The number of hydrogen-bond donors (Lipinski definition) is 2. The Morgan fingerprint density at radius 3 is 2.74 bits per heavy atom. The zero-order valence-electron chi connectivity index (χ0n) is 12.8. The molecule has 0 saturated carbocycles. The molecule has 0 aromatic heterocycles. The van der Waals surface area contributed by atoms with Gasteiger partial charge in [-0.1, -0.05) is 17.7 Å². The SMILES string of the molecule is Cc1ccc(OCCNC(=O)Nc2ccc3c(c2)OCO3)cc1. The maximum Gasteiger partial charge on any atom is 0.319 e. The highest BCUT2D eigenvalue weighted by Crippen LogP contribution is 2.34. The number of anilines is 1. The number of carbonyl (C=O) groups excluding carboxylic acids is 1. The Morgan fingerprint density at radius 1 is 1.13 bits per heavy atom. The number of urea groups is 1. The van der Waals surface area contributed by atoms with Crippen LogP contribution < -0.4 is 24.8 Å². The van der Waals surface area contributed by atoms with Gasteiger partial charge in [0.05, 0.1) is 6.54 Å². The van der Waals surface area contributed by atoms with Crippen molar-refractivity contribution in [2.45, 2.75) is 6.92 Å². The number of hydrogen-bond acceptors (Lipinski definition) is 4. The predicted molar refractivity (Wildman–Crippen MR) is 86.3 cm³/mol. The van der Waals surface area contributed by atoms with E-state index < -0.39 is 0 Å². The second-order valence-corrected chi connectivity index (χ2v) is 5.11. The molecule has 1 aliphatic rings. The fourth-order valence-electron chi connectivity index (χ4n) is 2.12. The van der Waals surface area contributed by atoms with Crippen LogP contribution in [-0.2, 0) is 0 Å². The molecule has 0 saturated heterocycles. The van der Waals surface area contributed by atoms with Crippen molar-refractivity contribution in [1.82, 2.24) is 5.32 Å². The third-order valence-corrected chi connectivity index (χ3v) is 3.31. The molecular formula is C17H18N2O4. The Bertz CT molecular complexity index is 685. The molecule has 6 heteroatoms. The third kappa shape index (κ3) is 4.06. The van der Waals surface area contributed by atoms with Crippen LogP contribution in [0.25, 0.3) is 0 Å². The van der Waals surface area contributed by atoms with Crippen LogP contribution in [0.4, 0.5) is 10.5 Å². The van der Waals surface area contributed by atoms with Crippen molar-refractivity contribution in [3.8, 4) is 17.2 Å². The average molecular weight is 314 g/mol. The topological polar surface area (TPSA) is 68.8 Å². The molecule has 2 amide bonds. The molecule has 0 atom stereocenters. The van der Waals surface area contributed by atoms with E-state index in [-0.39, 0.29) is 12.8 Å². The summed E-state index contributed by atoms with van der Waals surface area (Å²) in [6.45, 7) is 3.04. The highest BCUT2D eigenvalue weighted by Gasteiger charge is 2.13. The van der Waals surface area contributed by atoms with E-state index in [0.717, 1.165) is 5.75 Å². The Kier molecular flexibility index (Phi) is 4.52. The summed E-state index contributed by atoms with van der Waals surface area (Å²) >= 11 is 0. The van der Waals surface area contributed by atoms with Crippen molar-refractivity contribution in [3.63, 3.8) is 0 Å². The lowest BCUT2D eigenvalue weighted by Crippen LogP contribution is -2.32. The maximum atomic E-state index is 11.8. The van der Waals surface area contributed by atoms with Crippen molar-refractivity contribution < 1.29 is 19.0 Å². The summed E-state index contributed by atoms with van der Waals surface area (Å²) in [5.74, 6) is 2.10. The summed E-state index contributed by atoms with van der Waals surface area (Å²) in [4.78, 5) is 11.8. The monoisotopic (exact) mass is 314 g/mol. The molecular weight excluding hydrogens is 296 g/mol. The summed E-state index contributed by atoms with van der Waals surface area (Å²) in [5, 5.41) is 5.47. The fraction of sp³-hybridized carbons (Fsp3) is 0.235. The molecule has 6 nitrogen and oxygen atoms in total. The first kappa shape index (κ1) is 15.0. The van der Waals surface area contributed by atoms with Gasteiger partial charge in [-0.3, -0.25) is 0 Å². The molecule has 120 valence electrons. The molecule has 0 unspecified atom stereocenters. The van der Waals surface area contributed by atoms with Crippen molar-refractivity contribution in [3.05, 3.63) is 48.0 Å². The van der Waals surface area contributed by atoms with E-state index in [4.69, 9.17) is 14.2 Å². The number of fused-ring (bicyclic) bond motifs is 1. The van der Waals surface area contributed by atoms with Crippen molar-refractivity contribution in [2.24, 2.45) is 0 Å². The van der Waals surface area contributed by atoms with E-state index in [1.54, 1.807) is 18.2 Å². The summed E-state index contributed by atoms with van der Waals surface area (Å²) < 4.78 is 16.0. The molecule has 2 N–H and O–H groups in total. The van der Waals surface area contributed by atoms with E-state index >= 15 is 0 Å². The lowest BCUT2D eigenvalue weighted by molar-refractivity contribution is 0.174. The van der Waals surface area contributed by atoms with Gasteiger partial charge in [0.1, 0.15) is 12.4 Å². The molecule has 1 heterocycles. The number of ether oxygens (including phenoxy) is 3. The smallest absolute Gasteiger partial charge is 0.319 e. The fourth-order valence-corrected chi connectivity index (χ4v) is 2.12. The van der Waals surface area contributed by atoms with Gasteiger partial charge >= 0.3 is 6.03 Å². The minimum Gasteiger partial charge on any atom is -0.492 e. The first-order chi connectivity index (χ1) is 11.2. The number of amides is 2. The first-order valence-corrected chi connectivity index (χ1v) is 7.35. The van der Waals surface area contributed by atoms with E-state index in [0.29, 0.717) is 30.3 Å². The summed E-state index contributed by atoms with van der Waals surface area (Å²) in [6.07, 6.45) is 0.